The molecular weight excluding hydrogens is 367 g/mol. The molecule has 2 aliphatic rings. The summed E-state index contributed by atoms with van der Waals surface area (Å²) in [4.78, 5) is 24.8. The summed E-state index contributed by atoms with van der Waals surface area (Å²) in [7, 11) is 0. The van der Waals surface area contributed by atoms with Crippen LogP contribution in [0.4, 0.5) is 10.2 Å². The highest BCUT2D eigenvalue weighted by atomic mass is 32.1. The molecule has 2 unspecified atom stereocenters. The Bertz CT molecular complexity index is 1010. The first-order valence-electron chi connectivity index (χ1n) is 8.94. The normalized spacial score (nSPS) is 22.3. The van der Waals surface area contributed by atoms with Crippen LogP contribution in [0.2, 0.25) is 0 Å². The smallest absolute Gasteiger partial charge is 0.254 e. The van der Waals surface area contributed by atoms with Gasteiger partial charge in [-0.2, -0.15) is 8.75 Å². The lowest BCUT2D eigenvalue weighted by molar-refractivity contribution is 0.0712. The van der Waals surface area contributed by atoms with Gasteiger partial charge in [-0.15, -0.1) is 0 Å². The van der Waals surface area contributed by atoms with Gasteiger partial charge in [0.2, 0.25) is 0 Å². The van der Waals surface area contributed by atoms with Crippen molar-refractivity contribution < 1.29 is 9.18 Å². The lowest BCUT2D eigenvalue weighted by atomic mass is 9.92. The molecule has 5 rings (SSSR count). The number of halogens is 1. The molecule has 138 valence electrons. The Morgan fingerprint density at radius 1 is 1.19 bits per heavy atom. The second-order valence-electron chi connectivity index (χ2n) is 7.01. The predicted octanol–water partition coefficient (Wildman–Crippen LogP) is 2.36. The molecule has 1 aromatic carbocycles. The molecule has 1 amide bonds. The number of likely N-dealkylation sites (tertiary alicyclic amines) is 1. The highest BCUT2D eigenvalue weighted by Gasteiger charge is 2.41. The molecule has 9 heteroatoms. The highest BCUT2D eigenvalue weighted by Crippen LogP contribution is 2.34. The van der Waals surface area contributed by atoms with Crippen molar-refractivity contribution >= 4 is 34.5 Å². The maximum atomic E-state index is 14.1. The van der Waals surface area contributed by atoms with Crippen LogP contribution in [0, 0.1) is 11.7 Å². The van der Waals surface area contributed by atoms with Gasteiger partial charge in [0.25, 0.3) is 5.91 Å². The van der Waals surface area contributed by atoms with Gasteiger partial charge in [-0.1, -0.05) is 0 Å². The summed E-state index contributed by atoms with van der Waals surface area (Å²) >= 11 is 1.14. The van der Waals surface area contributed by atoms with E-state index >= 15 is 0 Å². The van der Waals surface area contributed by atoms with Gasteiger partial charge in [-0.3, -0.25) is 4.79 Å². The van der Waals surface area contributed by atoms with Crippen molar-refractivity contribution in [3.8, 4) is 0 Å². The van der Waals surface area contributed by atoms with Crippen LogP contribution in [0.1, 0.15) is 23.2 Å². The molecule has 3 aromatic rings. The Kier molecular flexibility index (Phi) is 3.96. The molecule has 7 nitrogen and oxygen atoms in total. The van der Waals surface area contributed by atoms with E-state index < -0.39 is 5.82 Å². The zero-order valence-electron chi connectivity index (χ0n) is 14.5. The summed E-state index contributed by atoms with van der Waals surface area (Å²) < 4.78 is 22.5. The number of nitrogens with zero attached hydrogens (tertiary/aromatic N) is 6. The van der Waals surface area contributed by atoms with Gasteiger partial charge in [0.1, 0.15) is 17.4 Å². The van der Waals surface area contributed by atoms with Crippen LogP contribution >= 0.6 is 11.7 Å². The average Bonchev–Trinajstić information content (AvgIpc) is 3.33. The van der Waals surface area contributed by atoms with Gasteiger partial charge in [0.15, 0.2) is 11.6 Å². The van der Waals surface area contributed by atoms with Crippen molar-refractivity contribution in [2.75, 3.05) is 24.5 Å². The summed E-state index contributed by atoms with van der Waals surface area (Å²) in [6, 6.07) is 5.51. The standard InChI is InChI=1S/C18H17FN6OS/c19-13-8-20-10-21-17(13)24-5-3-11-4-6-25(16(11)9-24)18(26)12-1-2-14-15(7-12)23-27-22-14/h1-2,7-8,10-11,16H,3-6,9H2. The quantitative estimate of drug-likeness (QED) is 0.675. The number of rotatable bonds is 2. The third-order valence-corrected chi connectivity index (χ3v) is 6.13. The average molecular weight is 384 g/mol. The molecular formula is C18H17FN6OS. The number of aromatic nitrogens is 4. The van der Waals surface area contributed by atoms with Crippen molar-refractivity contribution in [2.45, 2.75) is 18.9 Å². The highest BCUT2D eigenvalue weighted by molar-refractivity contribution is 7.00. The number of anilines is 1. The summed E-state index contributed by atoms with van der Waals surface area (Å²) in [5.74, 6) is 0.341. The zero-order valence-corrected chi connectivity index (χ0v) is 15.3. The molecule has 0 N–H and O–H groups in total. The summed E-state index contributed by atoms with van der Waals surface area (Å²) in [5.41, 5.74) is 2.18. The minimum absolute atomic E-state index is 0.00223. The topological polar surface area (TPSA) is 75.1 Å². The second-order valence-corrected chi connectivity index (χ2v) is 7.54. The van der Waals surface area contributed by atoms with E-state index in [1.54, 1.807) is 6.07 Å². The Balaban J connectivity index is 1.40. The van der Waals surface area contributed by atoms with Crippen molar-refractivity contribution in [3.05, 3.63) is 42.1 Å². The van der Waals surface area contributed by atoms with E-state index in [9.17, 15) is 9.18 Å². The molecule has 2 fully saturated rings. The van der Waals surface area contributed by atoms with E-state index in [0.29, 0.717) is 23.8 Å². The van der Waals surface area contributed by atoms with Crippen LogP contribution in [0.3, 0.4) is 0 Å². The van der Waals surface area contributed by atoms with E-state index in [-0.39, 0.29) is 11.9 Å². The fourth-order valence-corrected chi connectivity index (χ4v) is 4.72. The van der Waals surface area contributed by atoms with E-state index in [0.717, 1.165) is 48.7 Å². The van der Waals surface area contributed by atoms with Crippen molar-refractivity contribution in [3.63, 3.8) is 0 Å². The monoisotopic (exact) mass is 384 g/mol. The Morgan fingerprint density at radius 3 is 2.93 bits per heavy atom. The van der Waals surface area contributed by atoms with E-state index in [1.807, 2.05) is 21.9 Å². The number of hydrogen-bond donors (Lipinski definition) is 0. The third kappa shape index (κ3) is 2.82. The van der Waals surface area contributed by atoms with Gasteiger partial charge in [0, 0.05) is 25.2 Å². The van der Waals surface area contributed by atoms with Crippen molar-refractivity contribution in [1.29, 1.82) is 0 Å². The number of carbonyl (C=O) groups excluding carboxylic acids is 1. The maximum absolute atomic E-state index is 14.1. The molecule has 27 heavy (non-hydrogen) atoms. The van der Waals surface area contributed by atoms with Gasteiger partial charge < -0.3 is 9.80 Å². The molecule has 2 atom stereocenters. The van der Waals surface area contributed by atoms with Gasteiger partial charge in [-0.25, -0.2) is 14.4 Å². The number of hydrogen-bond acceptors (Lipinski definition) is 7. The lowest BCUT2D eigenvalue weighted by Crippen LogP contribution is -2.50. The first-order chi connectivity index (χ1) is 13.2. The summed E-state index contributed by atoms with van der Waals surface area (Å²) in [6.07, 6.45) is 4.45. The zero-order chi connectivity index (χ0) is 18.4. The van der Waals surface area contributed by atoms with E-state index in [4.69, 9.17) is 0 Å². The largest absolute Gasteiger partial charge is 0.352 e. The van der Waals surface area contributed by atoms with Crippen LogP contribution in [-0.4, -0.2) is 55.2 Å². The fraction of sp³-hybridized carbons (Fsp3) is 0.389. The maximum Gasteiger partial charge on any atom is 0.254 e. The van der Waals surface area contributed by atoms with Crippen LogP contribution < -0.4 is 4.90 Å². The summed E-state index contributed by atoms with van der Waals surface area (Å²) in [6.45, 7) is 2.06. The van der Waals surface area contributed by atoms with Crippen molar-refractivity contribution in [2.24, 2.45) is 5.92 Å². The molecule has 0 aliphatic carbocycles. The molecule has 0 saturated carbocycles. The number of fused-ring (bicyclic) bond motifs is 2. The first kappa shape index (κ1) is 16.5. The molecule has 0 bridgehead atoms. The fourth-order valence-electron chi connectivity index (χ4n) is 4.21. The Morgan fingerprint density at radius 2 is 2.04 bits per heavy atom. The number of benzene rings is 1. The first-order valence-corrected chi connectivity index (χ1v) is 9.67. The molecule has 2 aliphatic heterocycles. The molecule has 2 aromatic heterocycles. The molecule has 0 spiro atoms. The Hall–Kier alpha value is -2.68. The van der Waals surface area contributed by atoms with Gasteiger partial charge in [0.05, 0.1) is 24.0 Å². The third-order valence-electron chi connectivity index (χ3n) is 5.57. The lowest BCUT2D eigenvalue weighted by Gasteiger charge is -2.39. The SMILES string of the molecule is O=C(c1ccc2nsnc2c1)N1CCC2CCN(c3ncncc3F)CC21. The van der Waals surface area contributed by atoms with Crippen LogP contribution in [-0.2, 0) is 0 Å². The summed E-state index contributed by atoms with van der Waals surface area (Å²) in [5, 5.41) is 0. The number of carbonyl (C=O) groups is 1. The van der Waals surface area contributed by atoms with Gasteiger partial charge in [-0.05, 0) is 37.0 Å². The molecule has 4 heterocycles. The van der Waals surface area contributed by atoms with Gasteiger partial charge >= 0.3 is 0 Å². The Labute approximate surface area is 159 Å². The minimum atomic E-state index is -0.423. The minimum Gasteiger partial charge on any atom is -0.352 e. The molecule has 2 saturated heterocycles. The van der Waals surface area contributed by atoms with Crippen LogP contribution in [0.15, 0.2) is 30.7 Å². The predicted molar refractivity (Wildman–Crippen MR) is 99.2 cm³/mol. The van der Waals surface area contributed by atoms with E-state index in [1.165, 1.54) is 12.5 Å². The second kappa shape index (κ2) is 6.49. The van der Waals surface area contributed by atoms with E-state index in [2.05, 4.69) is 18.7 Å². The van der Waals surface area contributed by atoms with Crippen molar-refractivity contribution in [1.82, 2.24) is 23.6 Å². The molecule has 0 radical (unpaired) electrons. The number of piperidine rings is 1. The van der Waals surface area contributed by atoms with Crippen LogP contribution in [0.5, 0.6) is 0 Å². The number of amides is 1. The van der Waals surface area contributed by atoms with Crippen LogP contribution in [0.25, 0.3) is 11.0 Å².